The van der Waals surface area contributed by atoms with Crippen LogP contribution < -0.4 is 16.6 Å². The van der Waals surface area contributed by atoms with E-state index in [-0.39, 0.29) is 23.7 Å². The molecule has 9 heteroatoms. The van der Waals surface area contributed by atoms with Crippen LogP contribution in [0.15, 0.2) is 30.5 Å². The molecule has 2 aliphatic rings. The van der Waals surface area contributed by atoms with Crippen LogP contribution in [0.1, 0.15) is 27.9 Å². The number of nitrogens with zero attached hydrogens (tertiary/aromatic N) is 3. The zero-order valence-electron chi connectivity index (χ0n) is 14.0. The number of fused-ring (bicyclic) bond motifs is 1. The lowest BCUT2D eigenvalue weighted by molar-refractivity contribution is -0.137. The van der Waals surface area contributed by atoms with Gasteiger partial charge in [0.25, 0.3) is 5.91 Å². The van der Waals surface area contributed by atoms with E-state index in [9.17, 15) is 14.0 Å². The minimum absolute atomic E-state index is 0.0355. The van der Waals surface area contributed by atoms with Crippen molar-refractivity contribution in [3.63, 3.8) is 0 Å². The van der Waals surface area contributed by atoms with E-state index in [2.05, 4.69) is 15.8 Å². The fraction of sp³-hybridized carbons (Fsp3) is 0.353. The zero-order chi connectivity index (χ0) is 18.3. The first kappa shape index (κ1) is 16.7. The van der Waals surface area contributed by atoms with Gasteiger partial charge in [0.15, 0.2) is 0 Å². The molecule has 2 aromatic rings. The number of aromatic nitrogens is 2. The Morgan fingerprint density at radius 1 is 1.31 bits per heavy atom. The summed E-state index contributed by atoms with van der Waals surface area (Å²) in [7, 11) is 0. The monoisotopic (exact) mass is 358 g/mol. The van der Waals surface area contributed by atoms with Gasteiger partial charge in [-0.1, -0.05) is 12.1 Å². The van der Waals surface area contributed by atoms with E-state index >= 15 is 0 Å². The minimum atomic E-state index is -0.529. The van der Waals surface area contributed by atoms with Gasteiger partial charge in [-0.2, -0.15) is 0 Å². The van der Waals surface area contributed by atoms with Crippen LogP contribution in [0, 0.1) is 11.7 Å². The number of hydrazine groups is 1. The molecular weight excluding hydrogens is 339 g/mol. The van der Waals surface area contributed by atoms with Crippen LogP contribution in [0.4, 0.5) is 4.39 Å². The topological polar surface area (TPSA) is 105 Å². The predicted octanol–water partition coefficient (Wildman–Crippen LogP) is -0.0714. The molecule has 1 aromatic carbocycles. The number of hydrogen-bond donors (Lipinski definition) is 3. The molecule has 4 N–H and O–H groups in total. The first-order valence-electron chi connectivity index (χ1n) is 8.41. The van der Waals surface area contributed by atoms with Crippen molar-refractivity contribution in [2.75, 3.05) is 13.1 Å². The molecule has 2 aliphatic heterocycles. The van der Waals surface area contributed by atoms with Gasteiger partial charge in [0, 0.05) is 19.6 Å². The quantitative estimate of drug-likeness (QED) is 0.712. The van der Waals surface area contributed by atoms with Gasteiger partial charge in [-0.15, -0.1) is 0 Å². The highest BCUT2D eigenvalue weighted by molar-refractivity contribution is 5.91. The highest BCUT2D eigenvalue weighted by Gasteiger charge is 2.38. The Labute approximate surface area is 149 Å². The summed E-state index contributed by atoms with van der Waals surface area (Å²) in [5.41, 5.74) is 12.5. The summed E-state index contributed by atoms with van der Waals surface area (Å²) in [6.07, 6.45) is 1.44. The van der Waals surface area contributed by atoms with E-state index in [4.69, 9.17) is 5.73 Å². The molecule has 0 aliphatic carbocycles. The molecular formula is C17H19FN6O2. The summed E-state index contributed by atoms with van der Waals surface area (Å²) in [5.74, 6) is -0.611. The number of carbonyl (C=O) groups excluding carboxylic acids is 2. The number of nitrogens with two attached hydrogens (primary N) is 1. The first-order valence-corrected chi connectivity index (χ1v) is 8.41. The minimum Gasteiger partial charge on any atom is -0.364 e. The van der Waals surface area contributed by atoms with Gasteiger partial charge in [-0.05, 0) is 17.7 Å². The van der Waals surface area contributed by atoms with Crippen molar-refractivity contribution in [1.82, 2.24) is 25.3 Å². The Hall–Kier alpha value is -2.78. The van der Waals surface area contributed by atoms with Crippen molar-refractivity contribution in [3.8, 4) is 0 Å². The average Bonchev–Trinajstić information content (AvgIpc) is 3.27. The predicted molar refractivity (Wildman–Crippen MR) is 89.9 cm³/mol. The van der Waals surface area contributed by atoms with E-state index < -0.39 is 5.91 Å². The van der Waals surface area contributed by atoms with Gasteiger partial charge in [0.05, 0.1) is 24.7 Å². The number of benzene rings is 1. The molecule has 26 heavy (non-hydrogen) atoms. The first-order chi connectivity index (χ1) is 12.5. The fourth-order valence-electron chi connectivity index (χ4n) is 3.62. The molecule has 0 saturated carbocycles. The molecule has 136 valence electrons. The average molecular weight is 358 g/mol. The third-order valence-corrected chi connectivity index (χ3v) is 4.94. The molecule has 0 radical (unpaired) electrons. The van der Waals surface area contributed by atoms with Crippen molar-refractivity contribution in [2.45, 2.75) is 19.1 Å². The summed E-state index contributed by atoms with van der Waals surface area (Å²) in [6.45, 7) is 1.71. The molecule has 2 unspecified atom stereocenters. The summed E-state index contributed by atoms with van der Waals surface area (Å²) in [5, 5.41) is 0. The molecule has 2 amide bonds. The lowest BCUT2D eigenvalue weighted by atomic mass is 9.93. The van der Waals surface area contributed by atoms with Crippen molar-refractivity contribution < 1.29 is 14.0 Å². The number of primary amides is 1. The molecule has 1 aromatic heterocycles. The molecule has 4 rings (SSSR count). The van der Waals surface area contributed by atoms with Gasteiger partial charge >= 0.3 is 0 Å². The number of hydrogen-bond acceptors (Lipinski definition) is 5. The smallest absolute Gasteiger partial charge is 0.266 e. The lowest BCUT2D eigenvalue weighted by Gasteiger charge is -2.31. The SMILES string of the molecule is NC(=O)c1cnc2n1CCN(C(=O)C1CNNC1c1cccc(F)c1)C2. The third kappa shape index (κ3) is 2.85. The Morgan fingerprint density at radius 2 is 2.15 bits per heavy atom. The number of imidazole rings is 1. The van der Waals surface area contributed by atoms with Gasteiger partial charge in [-0.3, -0.25) is 15.0 Å². The van der Waals surface area contributed by atoms with E-state index in [1.165, 1.54) is 18.3 Å². The highest BCUT2D eigenvalue weighted by Crippen LogP contribution is 2.28. The summed E-state index contributed by atoms with van der Waals surface area (Å²) in [6, 6.07) is 5.95. The number of carbonyl (C=O) groups is 2. The third-order valence-electron chi connectivity index (χ3n) is 4.94. The van der Waals surface area contributed by atoms with Crippen LogP contribution in [-0.4, -0.2) is 39.4 Å². The second kappa shape index (κ2) is 6.50. The van der Waals surface area contributed by atoms with Crippen LogP contribution in [0.3, 0.4) is 0 Å². The Kier molecular flexibility index (Phi) is 4.17. The molecule has 1 saturated heterocycles. The number of amides is 2. The molecule has 3 heterocycles. The summed E-state index contributed by atoms with van der Waals surface area (Å²) < 4.78 is 15.3. The van der Waals surface area contributed by atoms with Crippen molar-refractivity contribution in [3.05, 3.63) is 53.4 Å². The Morgan fingerprint density at radius 3 is 2.92 bits per heavy atom. The van der Waals surface area contributed by atoms with Gasteiger partial charge in [0.1, 0.15) is 17.3 Å². The van der Waals surface area contributed by atoms with E-state index in [0.717, 1.165) is 5.56 Å². The maximum Gasteiger partial charge on any atom is 0.266 e. The zero-order valence-corrected chi connectivity index (χ0v) is 14.0. The van der Waals surface area contributed by atoms with Gasteiger partial charge in [0.2, 0.25) is 5.91 Å². The lowest BCUT2D eigenvalue weighted by Crippen LogP contribution is -2.44. The Balaban J connectivity index is 1.53. The molecule has 2 atom stereocenters. The van der Waals surface area contributed by atoms with Crippen molar-refractivity contribution in [2.24, 2.45) is 11.7 Å². The van der Waals surface area contributed by atoms with Crippen molar-refractivity contribution >= 4 is 11.8 Å². The highest BCUT2D eigenvalue weighted by atomic mass is 19.1. The number of nitrogens with one attached hydrogen (secondary N) is 2. The van der Waals surface area contributed by atoms with Gasteiger partial charge in [-0.25, -0.2) is 14.8 Å². The fourth-order valence-corrected chi connectivity index (χ4v) is 3.62. The van der Waals surface area contributed by atoms with Crippen LogP contribution in [0.5, 0.6) is 0 Å². The number of rotatable bonds is 3. The molecule has 1 fully saturated rings. The second-order valence-electron chi connectivity index (χ2n) is 6.50. The van der Waals surface area contributed by atoms with E-state index in [1.807, 2.05) is 0 Å². The maximum atomic E-state index is 13.5. The van der Waals surface area contributed by atoms with Crippen LogP contribution in [0.25, 0.3) is 0 Å². The largest absolute Gasteiger partial charge is 0.364 e. The molecule has 0 bridgehead atoms. The van der Waals surface area contributed by atoms with Crippen molar-refractivity contribution in [1.29, 1.82) is 0 Å². The Bertz CT molecular complexity index is 867. The number of halogens is 1. The summed E-state index contributed by atoms with van der Waals surface area (Å²) >= 11 is 0. The van der Waals surface area contributed by atoms with Gasteiger partial charge < -0.3 is 15.2 Å². The van der Waals surface area contributed by atoms with Crippen LogP contribution in [0.2, 0.25) is 0 Å². The molecule has 8 nitrogen and oxygen atoms in total. The van der Waals surface area contributed by atoms with Crippen LogP contribution in [-0.2, 0) is 17.9 Å². The summed E-state index contributed by atoms with van der Waals surface area (Å²) in [4.78, 5) is 30.4. The van der Waals surface area contributed by atoms with Crippen LogP contribution >= 0.6 is 0 Å². The van der Waals surface area contributed by atoms with E-state index in [1.54, 1.807) is 21.6 Å². The second-order valence-corrected chi connectivity index (χ2v) is 6.50. The van der Waals surface area contributed by atoms with E-state index in [0.29, 0.717) is 37.7 Å². The standard InChI is InChI=1S/C17H19FN6O2/c18-11-3-1-2-10(6-11)15-12(7-21-22-15)17(26)23-4-5-24-13(16(19)25)8-20-14(24)9-23/h1-3,6,8,12,15,21-22H,4-5,7,9H2,(H2,19,25). The maximum absolute atomic E-state index is 13.5. The molecule has 0 spiro atoms. The normalized spacial score (nSPS) is 22.3.